The van der Waals surface area contributed by atoms with Gasteiger partial charge in [0.25, 0.3) is 6.43 Å². The summed E-state index contributed by atoms with van der Waals surface area (Å²) >= 11 is 0. The summed E-state index contributed by atoms with van der Waals surface area (Å²) in [5, 5.41) is 23.4. The molecule has 0 saturated heterocycles. The lowest BCUT2D eigenvalue weighted by Crippen LogP contribution is -2.53. The van der Waals surface area contributed by atoms with E-state index in [9.17, 15) is 41.5 Å². The Bertz CT molecular complexity index is 1120. The van der Waals surface area contributed by atoms with Crippen LogP contribution in [0.2, 0.25) is 0 Å². The van der Waals surface area contributed by atoms with Crippen LogP contribution in [0.1, 0.15) is 70.2 Å². The molecular weight excluding hydrogens is 524 g/mol. The molecule has 3 rings (SSSR count). The smallest absolute Gasteiger partial charge is 0.382 e. The number of halogens is 6. The van der Waals surface area contributed by atoms with Crippen molar-refractivity contribution in [1.82, 2.24) is 10.6 Å². The van der Waals surface area contributed by atoms with E-state index < -0.39 is 54.3 Å². The average Bonchev–Trinajstić information content (AvgIpc) is 3.65. The minimum absolute atomic E-state index is 0.00110. The fourth-order valence-electron chi connectivity index (χ4n) is 3.89. The average molecular weight is 558 g/mol. The van der Waals surface area contributed by atoms with E-state index in [0.29, 0.717) is 24.0 Å². The van der Waals surface area contributed by atoms with Crippen LogP contribution in [0.5, 0.6) is 0 Å². The van der Waals surface area contributed by atoms with Gasteiger partial charge in [-0.05, 0) is 48.9 Å². The molecule has 1 aliphatic rings. The van der Waals surface area contributed by atoms with Crippen molar-refractivity contribution in [2.45, 2.75) is 89.0 Å². The Hall–Kier alpha value is -3.10. The molecule has 0 radical (unpaired) electrons. The van der Waals surface area contributed by atoms with Crippen molar-refractivity contribution in [3.8, 4) is 17.2 Å². The van der Waals surface area contributed by atoms with Gasteiger partial charge in [0.2, 0.25) is 5.91 Å². The van der Waals surface area contributed by atoms with Crippen LogP contribution in [-0.4, -0.2) is 40.9 Å². The van der Waals surface area contributed by atoms with Crippen molar-refractivity contribution >= 4 is 5.91 Å². The van der Waals surface area contributed by atoms with E-state index in [0.717, 1.165) is 13.8 Å². The second kappa shape index (κ2) is 12.8. The molecule has 214 valence electrons. The fraction of sp³-hybridized carbons (Fsp3) is 0.500. The molecule has 1 fully saturated rings. The number of hydrogen-bond donors (Lipinski definition) is 3. The van der Waals surface area contributed by atoms with E-state index >= 15 is 0 Å². The van der Waals surface area contributed by atoms with Crippen LogP contribution in [0, 0.1) is 11.3 Å². The number of aliphatic hydroxyl groups excluding tert-OH is 1. The number of carbonyl (C=O) groups excluding carboxylic acids is 1. The van der Waals surface area contributed by atoms with Crippen LogP contribution in [0.15, 0.2) is 48.5 Å². The molecule has 0 aliphatic heterocycles. The predicted molar refractivity (Wildman–Crippen MR) is 135 cm³/mol. The molecule has 1 unspecified atom stereocenters. The molecule has 1 saturated carbocycles. The summed E-state index contributed by atoms with van der Waals surface area (Å²) in [5.41, 5.74) is -2.31. The number of alkyl halides is 6. The van der Waals surface area contributed by atoms with E-state index in [1.807, 2.05) is 19.9 Å². The van der Waals surface area contributed by atoms with E-state index in [1.54, 1.807) is 0 Å². The van der Waals surface area contributed by atoms with Crippen molar-refractivity contribution in [3.63, 3.8) is 0 Å². The quantitative estimate of drug-likeness (QED) is 0.289. The first-order valence-corrected chi connectivity index (χ1v) is 12.6. The lowest BCUT2D eigenvalue weighted by atomic mass is 9.96. The van der Waals surface area contributed by atoms with Crippen LogP contribution < -0.4 is 10.6 Å². The summed E-state index contributed by atoms with van der Waals surface area (Å²) in [6.07, 6.45) is -9.56. The van der Waals surface area contributed by atoms with Gasteiger partial charge in [-0.1, -0.05) is 62.4 Å². The number of aliphatic hydroxyl groups is 1. The van der Waals surface area contributed by atoms with Gasteiger partial charge in [0.1, 0.15) is 23.4 Å². The number of rotatable bonds is 10. The number of amides is 1. The first-order chi connectivity index (χ1) is 18.1. The van der Waals surface area contributed by atoms with Crippen LogP contribution >= 0.6 is 0 Å². The van der Waals surface area contributed by atoms with Crippen LogP contribution in [0.4, 0.5) is 26.3 Å². The van der Waals surface area contributed by atoms with E-state index in [1.165, 1.54) is 48.5 Å². The Morgan fingerprint density at radius 3 is 1.79 bits per heavy atom. The number of benzene rings is 2. The van der Waals surface area contributed by atoms with Gasteiger partial charge in [-0.2, -0.15) is 18.4 Å². The van der Waals surface area contributed by atoms with Crippen molar-refractivity contribution in [3.05, 3.63) is 59.7 Å². The highest BCUT2D eigenvalue weighted by Crippen LogP contribution is 2.37. The summed E-state index contributed by atoms with van der Waals surface area (Å²) in [6, 6.07) is 8.79. The predicted octanol–water partition coefficient (Wildman–Crippen LogP) is 6.55. The summed E-state index contributed by atoms with van der Waals surface area (Å²) in [7, 11) is 0. The maximum atomic E-state index is 14.4. The highest BCUT2D eigenvalue weighted by molar-refractivity contribution is 5.83. The largest absolute Gasteiger partial charge is 0.407 e. The molecule has 0 aromatic heterocycles. The Labute approximate surface area is 224 Å². The third kappa shape index (κ3) is 8.97. The van der Waals surface area contributed by atoms with Gasteiger partial charge in [0, 0.05) is 6.42 Å². The Morgan fingerprint density at radius 2 is 1.44 bits per heavy atom. The molecule has 5 nitrogen and oxygen atoms in total. The highest BCUT2D eigenvalue weighted by Gasteiger charge is 2.48. The zero-order valence-corrected chi connectivity index (χ0v) is 22.1. The van der Waals surface area contributed by atoms with Crippen LogP contribution in [0.3, 0.4) is 0 Å². The first kappa shape index (κ1) is 32.1. The number of nitrogens with one attached hydrogen (secondary N) is 2. The van der Waals surface area contributed by atoms with E-state index in [-0.39, 0.29) is 11.1 Å². The molecule has 0 heterocycles. The topological polar surface area (TPSA) is 85.2 Å². The van der Waals surface area contributed by atoms with Gasteiger partial charge in [-0.15, -0.1) is 0 Å². The minimum Gasteiger partial charge on any atom is -0.382 e. The summed E-state index contributed by atoms with van der Waals surface area (Å²) in [6.45, 7) is 6.30. The molecule has 2 aromatic carbocycles. The summed E-state index contributed by atoms with van der Waals surface area (Å²) < 4.78 is 82.0. The zero-order chi connectivity index (χ0) is 29.6. The van der Waals surface area contributed by atoms with Gasteiger partial charge in [-0.25, -0.2) is 13.2 Å². The maximum absolute atomic E-state index is 14.4. The molecule has 3 atom stereocenters. The Kier molecular flexibility index (Phi) is 10.6. The van der Waals surface area contributed by atoms with Gasteiger partial charge in [0.15, 0.2) is 0 Å². The highest BCUT2D eigenvalue weighted by atomic mass is 19.4. The van der Waals surface area contributed by atoms with Crippen molar-refractivity contribution < 1.29 is 36.2 Å². The van der Waals surface area contributed by atoms with Gasteiger partial charge >= 0.3 is 6.18 Å². The molecule has 39 heavy (non-hydrogen) atoms. The van der Waals surface area contributed by atoms with Crippen molar-refractivity contribution in [2.24, 2.45) is 0 Å². The van der Waals surface area contributed by atoms with Crippen molar-refractivity contribution in [1.29, 1.82) is 5.26 Å². The Balaban J connectivity index is 0.00000260. The van der Waals surface area contributed by atoms with Gasteiger partial charge in [0.05, 0.1) is 12.1 Å². The molecule has 3 N–H and O–H groups in total. The first-order valence-electron chi connectivity index (χ1n) is 12.6. The lowest BCUT2D eigenvalue weighted by molar-refractivity contribution is -0.161. The van der Waals surface area contributed by atoms with Crippen LogP contribution in [-0.2, 0) is 4.79 Å². The number of nitriles is 1. The second-order valence-electron chi connectivity index (χ2n) is 9.82. The maximum Gasteiger partial charge on any atom is 0.407 e. The molecule has 11 heteroatoms. The molecule has 0 spiro atoms. The molecule has 1 aliphatic carbocycles. The van der Waals surface area contributed by atoms with Gasteiger partial charge in [-0.3, -0.25) is 10.1 Å². The molecule has 2 aromatic rings. The van der Waals surface area contributed by atoms with Crippen LogP contribution in [0.25, 0.3) is 11.1 Å². The van der Waals surface area contributed by atoms with Gasteiger partial charge < -0.3 is 10.4 Å². The van der Waals surface area contributed by atoms with E-state index in [2.05, 4.69) is 10.6 Å². The molecule has 0 bridgehead atoms. The third-order valence-electron chi connectivity index (χ3n) is 6.10. The zero-order valence-electron chi connectivity index (χ0n) is 22.1. The summed E-state index contributed by atoms with van der Waals surface area (Å²) in [5.74, 6) is -0.887. The SMILES string of the molecule is CC.CC(C)(F)C[C@H](N[C@@H](c1ccc(-c2ccc(C(O)C(F)F)cc2)cc1)C(F)(F)F)C(=O)NC1(C#N)CC1. The third-order valence-corrected chi connectivity index (χ3v) is 6.10. The molecular formula is C28H33F6N3O2. The minimum atomic E-state index is -4.83. The Morgan fingerprint density at radius 1 is 0.974 bits per heavy atom. The van der Waals surface area contributed by atoms with E-state index in [4.69, 9.17) is 0 Å². The molecule has 1 amide bonds. The normalized spacial score (nSPS) is 16.8. The fourth-order valence-corrected chi connectivity index (χ4v) is 3.89. The second-order valence-corrected chi connectivity index (χ2v) is 9.82. The summed E-state index contributed by atoms with van der Waals surface area (Å²) in [4.78, 5) is 12.8. The standard InChI is InChI=1S/C26H27F6N3O2.C2H6/c1-24(2,29)13-19(23(37)35-25(14-33)11-12-25)34-21(26(30,31)32)18-9-5-16(6-10-18)15-3-7-17(8-4-15)20(36)22(27)28;1-2/h3-10,19-22,34,36H,11-13H2,1-2H3,(H,35,37);1-2H3/t19-,20?,21-;/m0./s1. The number of nitrogens with zero attached hydrogens (tertiary/aromatic N) is 1. The number of hydrogen-bond acceptors (Lipinski definition) is 4. The van der Waals surface area contributed by atoms with Crippen molar-refractivity contribution in [2.75, 3.05) is 0 Å². The lowest BCUT2D eigenvalue weighted by Gasteiger charge is -2.30. The number of carbonyl (C=O) groups is 1. The monoisotopic (exact) mass is 557 g/mol.